The minimum atomic E-state index is -0.408. The van der Waals surface area contributed by atoms with E-state index in [1.165, 1.54) is 0 Å². The second-order valence-electron chi connectivity index (χ2n) is 6.49. The molecule has 0 aromatic carbocycles. The van der Waals surface area contributed by atoms with Crippen LogP contribution in [0.3, 0.4) is 0 Å². The Bertz CT molecular complexity index is 264. The third-order valence-corrected chi connectivity index (χ3v) is 4.44. The van der Waals surface area contributed by atoms with Gasteiger partial charge in [0.05, 0.1) is 6.67 Å². The normalized spacial score (nSPS) is 13.2. The molecule has 0 spiro atoms. The number of unbranched alkanes of at least 4 members (excludes halogenated alkanes) is 5. The predicted octanol–water partition coefficient (Wildman–Crippen LogP) is 5.54. The highest BCUT2D eigenvalue weighted by atomic mass is 32.2. The number of carbonyl (C=O) groups is 1. The smallest absolute Gasteiger partial charge is 0.319 e. The van der Waals surface area contributed by atoms with E-state index < -0.39 is 5.60 Å². The summed E-state index contributed by atoms with van der Waals surface area (Å²) in [6.07, 6.45) is 8.05. The quantitative estimate of drug-likeness (QED) is 0.349. The zero-order valence-corrected chi connectivity index (χ0v) is 15.1. The van der Waals surface area contributed by atoms with E-state index >= 15 is 0 Å². The Hall–Kier alpha value is -0.250. The maximum Gasteiger partial charge on any atom is 0.319 e. The Kier molecular flexibility index (Phi) is 12.2. The predicted molar refractivity (Wildman–Crippen MR) is 90.7 cm³/mol. The largest absolute Gasteiger partial charge is 0.459 e. The van der Waals surface area contributed by atoms with Gasteiger partial charge in [-0.05, 0) is 45.8 Å². The van der Waals surface area contributed by atoms with Crippen molar-refractivity contribution in [2.45, 2.75) is 89.9 Å². The fraction of sp³-hybridized carbons (Fsp3) is 0.941. The van der Waals surface area contributed by atoms with Crippen LogP contribution in [0.4, 0.5) is 4.39 Å². The van der Waals surface area contributed by atoms with Crippen molar-refractivity contribution in [1.82, 2.24) is 0 Å². The summed E-state index contributed by atoms with van der Waals surface area (Å²) in [7, 11) is 0. The number of carbonyl (C=O) groups excluding carboxylic acids is 1. The molecule has 1 unspecified atom stereocenters. The van der Waals surface area contributed by atoms with Crippen LogP contribution >= 0.6 is 11.8 Å². The average molecular weight is 321 g/mol. The summed E-state index contributed by atoms with van der Waals surface area (Å²) in [6, 6.07) is 0. The first kappa shape index (κ1) is 20.8. The van der Waals surface area contributed by atoms with Gasteiger partial charge in [0.25, 0.3) is 0 Å². The van der Waals surface area contributed by atoms with E-state index in [4.69, 9.17) is 4.74 Å². The van der Waals surface area contributed by atoms with Crippen LogP contribution in [-0.4, -0.2) is 29.2 Å². The Morgan fingerprint density at radius 2 is 1.71 bits per heavy atom. The second-order valence-corrected chi connectivity index (χ2v) is 7.80. The lowest BCUT2D eigenvalue weighted by atomic mass is 10.1. The Morgan fingerprint density at radius 3 is 2.29 bits per heavy atom. The standard InChI is InChI=1S/C17H33FO2S/c1-5-6-12-15(16(19)20-17(2,3)4)21-14-11-9-7-8-10-13-18/h15H,5-14H2,1-4H3. The zero-order valence-electron chi connectivity index (χ0n) is 14.3. The SMILES string of the molecule is CCCCC(SCCCCCCCF)C(=O)OC(C)(C)C. The molecule has 0 saturated carbocycles. The number of ether oxygens (including phenoxy) is 1. The molecular weight excluding hydrogens is 287 g/mol. The first-order valence-electron chi connectivity index (χ1n) is 8.31. The summed E-state index contributed by atoms with van der Waals surface area (Å²) in [6.45, 7) is 7.68. The van der Waals surface area contributed by atoms with Crippen molar-refractivity contribution in [3.05, 3.63) is 0 Å². The molecule has 4 heteroatoms. The fourth-order valence-corrected chi connectivity index (χ4v) is 3.15. The van der Waals surface area contributed by atoms with Crippen LogP contribution in [0.25, 0.3) is 0 Å². The van der Waals surface area contributed by atoms with Crippen molar-refractivity contribution in [1.29, 1.82) is 0 Å². The van der Waals surface area contributed by atoms with Crippen LogP contribution in [0.1, 0.15) is 79.1 Å². The lowest BCUT2D eigenvalue weighted by molar-refractivity contribution is -0.154. The molecule has 0 rings (SSSR count). The molecule has 0 radical (unpaired) electrons. The average Bonchev–Trinajstić information content (AvgIpc) is 2.39. The van der Waals surface area contributed by atoms with Gasteiger partial charge in [0.1, 0.15) is 10.9 Å². The molecule has 126 valence electrons. The lowest BCUT2D eigenvalue weighted by Gasteiger charge is -2.23. The maximum atomic E-state index is 12.2. The highest BCUT2D eigenvalue weighted by Crippen LogP contribution is 2.23. The number of esters is 1. The van der Waals surface area contributed by atoms with E-state index in [1.54, 1.807) is 11.8 Å². The van der Waals surface area contributed by atoms with Crippen molar-refractivity contribution >= 4 is 17.7 Å². The van der Waals surface area contributed by atoms with E-state index in [0.717, 1.165) is 50.7 Å². The lowest BCUT2D eigenvalue weighted by Crippen LogP contribution is -2.30. The number of alkyl halides is 1. The molecule has 1 atom stereocenters. The first-order chi connectivity index (χ1) is 9.90. The number of rotatable bonds is 12. The van der Waals surface area contributed by atoms with Crippen molar-refractivity contribution in [2.24, 2.45) is 0 Å². The third kappa shape index (κ3) is 13.2. The molecule has 0 saturated heterocycles. The zero-order chi connectivity index (χ0) is 16.1. The molecule has 0 aromatic heterocycles. The van der Waals surface area contributed by atoms with Gasteiger partial charge in [0.2, 0.25) is 0 Å². The summed E-state index contributed by atoms with van der Waals surface area (Å²) in [5.41, 5.74) is -0.408. The van der Waals surface area contributed by atoms with Gasteiger partial charge < -0.3 is 4.74 Å². The molecule has 0 aliphatic heterocycles. The molecule has 0 aromatic rings. The number of halogens is 1. The van der Waals surface area contributed by atoms with Crippen LogP contribution in [-0.2, 0) is 9.53 Å². The van der Waals surface area contributed by atoms with E-state index in [1.807, 2.05) is 20.8 Å². The van der Waals surface area contributed by atoms with Gasteiger partial charge in [-0.1, -0.05) is 39.0 Å². The molecule has 0 amide bonds. The van der Waals surface area contributed by atoms with Crippen LogP contribution in [0.5, 0.6) is 0 Å². The van der Waals surface area contributed by atoms with Crippen LogP contribution in [0, 0.1) is 0 Å². The molecule has 0 N–H and O–H groups in total. The van der Waals surface area contributed by atoms with Crippen molar-refractivity contribution < 1.29 is 13.9 Å². The van der Waals surface area contributed by atoms with E-state index in [-0.39, 0.29) is 17.9 Å². The molecule has 2 nitrogen and oxygen atoms in total. The van der Waals surface area contributed by atoms with Crippen molar-refractivity contribution in [3.63, 3.8) is 0 Å². The molecule has 0 aliphatic carbocycles. The Labute approximate surface area is 134 Å². The van der Waals surface area contributed by atoms with Crippen LogP contribution in [0.2, 0.25) is 0 Å². The Balaban J connectivity index is 3.98. The van der Waals surface area contributed by atoms with Gasteiger partial charge in [-0.3, -0.25) is 9.18 Å². The molecule has 0 bridgehead atoms. The van der Waals surface area contributed by atoms with Gasteiger partial charge in [0.15, 0.2) is 0 Å². The summed E-state index contributed by atoms with van der Waals surface area (Å²) in [4.78, 5) is 12.2. The van der Waals surface area contributed by atoms with Gasteiger partial charge in [-0.15, -0.1) is 11.8 Å². The second kappa shape index (κ2) is 12.3. The van der Waals surface area contributed by atoms with Crippen LogP contribution in [0.15, 0.2) is 0 Å². The molecule has 0 heterocycles. The highest BCUT2D eigenvalue weighted by Gasteiger charge is 2.24. The molecule has 21 heavy (non-hydrogen) atoms. The third-order valence-electron chi connectivity index (χ3n) is 3.09. The number of hydrogen-bond donors (Lipinski definition) is 0. The van der Waals surface area contributed by atoms with E-state index in [0.29, 0.717) is 6.42 Å². The van der Waals surface area contributed by atoms with Gasteiger partial charge in [-0.2, -0.15) is 0 Å². The van der Waals surface area contributed by atoms with Gasteiger partial charge >= 0.3 is 5.97 Å². The van der Waals surface area contributed by atoms with Gasteiger partial charge in [-0.25, -0.2) is 0 Å². The van der Waals surface area contributed by atoms with Crippen molar-refractivity contribution in [2.75, 3.05) is 12.4 Å². The molecular formula is C17H33FO2S. The summed E-state index contributed by atoms with van der Waals surface area (Å²) >= 11 is 1.73. The topological polar surface area (TPSA) is 26.3 Å². The molecule has 0 fully saturated rings. The summed E-state index contributed by atoms with van der Waals surface area (Å²) < 4.78 is 17.5. The van der Waals surface area contributed by atoms with Crippen molar-refractivity contribution in [3.8, 4) is 0 Å². The monoisotopic (exact) mass is 320 g/mol. The summed E-state index contributed by atoms with van der Waals surface area (Å²) in [5, 5.41) is -0.0324. The first-order valence-corrected chi connectivity index (χ1v) is 9.36. The van der Waals surface area contributed by atoms with E-state index in [9.17, 15) is 9.18 Å². The number of hydrogen-bond acceptors (Lipinski definition) is 3. The highest BCUT2D eigenvalue weighted by molar-refractivity contribution is 8.00. The summed E-state index contributed by atoms with van der Waals surface area (Å²) in [5.74, 6) is 0.918. The minimum absolute atomic E-state index is 0.0324. The number of thioether (sulfide) groups is 1. The van der Waals surface area contributed by atoms with E-state index in [2.05, 4.69) is 6.92 Å². The van der Waals surface area contributed by atoms with Crippen LogP contribution < -0.4 is 0 Å². The fourth-order valence-electron chi connectivity index (χ4n) is 1.98. The van der Waals surface area contributed by atoms with Gasteiger partial charge in [0, 0.05) is 0 Å². The maximum absolute atomic E-state index is 12.2. The Morgan fingerprint density at radius 1 is 1.10 bits per heavy atom. The minimum Gasteiger partial charge on any atom is -0.459 e. The molecule has 0 aliphatic rings.